The van der Waals surface area contributed by atoms with Crippen LogP contribution in [0.3, 0.4) is 0 Å². The lowest BCUT2D eigenvalue weighted by atomic mass is 9.98. The first kappa shape index (κ1) is 9.71. The highest BCUT2D eigenvalue weighted by Crippen LogP contribution is 2.29. The van der Waals surface area contributed by atoms with Gasteiger partial charge in [0.1, 0.15) is 5.82 Å². The molecule has 0 atom stereocenters. The Bertz CT molecular complexity index is 469. The maximum atomic E-state index is 5.91. The average molecular weight is 198 g/mol. The maximum absolute atomic E-state index is 5.91. The van der Waals surface area contributed by atoms with Gasteiger partial charge in [-0.15, -0.1) is 0 Å². The van der Waals surface area contributed by atoms with E-state index in [9.17, 15) is 0 Å². The SMILES string of the molecule is Cc1ccccc1-c1c(C)ccnc1N. The molecule has 2 heteroatoms. The zero-order chi connectivity index (χ0) is 10.8. The van der Waals surface area contributed by atoms with Crippen LogP contribution in [0.15, 0.2) is 36.5 Å². The Balaban J connectivity index is 2.69. The normalized spacial score (nSPS) is 10.3. The minimum Gasteiger partial charge on any atom is -0.383 e. The van der Waals surface area contributed by atoms with Crippen molar-refractivity contribution in [3.8, 4) is 11.1 Å². The summed E-state index contributed by atoms with van der Waals surface area (Å²) in [5.41, 5.74) is 10.5. The molecule has 0 saturated carbocycles. The van der Waals surface area contributed by atoms with Gasteiger partial charge >= 0.3 is 0 Å². The first-order valence-corrected chi connectivity index (χ1v) is 4.97. The number of anilines is 1. The molecule has 0 saturated heterocycles. The minimum atomic E-state index is 0.601. The third kappa shape index (κ3) is 1.71. The van der Waals surface area contributed by atoms with Crippen LogP contribution in [-0.4, -0.2) is 4.98 Å². The molecule has 0 fully saturated rings. The van der Waals surface area contributed by atoms with Gasteiger partial charge in [-0.05, 0) is 36.6 Å². The van der Waals surface area contributed by atoms with Crippen LogP contribution in [0.4, 0.5) is 5.82 Å². The quantitative estimate of drug-likeness (QED) is 0.765. The Labute approximate surface area is 89.8 Å². The van der Waals surface area contributed by atoms with Gasteiger partial charge in [-0.2, -0.15) is 0 Å². The van der Waals surface area contributed by atoms with Crippen molar-refractivity contribution in [2.75, 3.05) is 5.73 Å². The number of benzene rings is 1. The van der Waals surface area contributed by atoms with Crippen molar-refractivity contribution in [1.29, 1.82) is 0 Å². The van der Waals surface area contributed by atoms with E-state index in [1.165, 1.54) is 11.1 Å². The zero-order valence-corrected chi connectivity index (χ0v) is 8.99. The van der Waals surface area contributed by atoms with Gasteiger partial charge in [-0.3, -0.25) is 0 Å². The number of hydrogen-bond donors (Lipinski definition) is 1. The van der Waals surface area contributed by atoms with Crippen LogP contribution in [0.1, 0.15) is 11.1 Å². The Morgan fingerprint density at radius 3 is 2.40 bits per heavy atom. The van der Waals surface area contributed by atoms with Gasteiger partial charge in [0, 0.05) is 11.8 Å². The van der Waals surface area contributed by atoms with E-state index in [4.69, 9.17) is 5.73 Å². The molecule has 0 aliphatic carbocycles. The molecule has 2 aromatic rings. The van der Waals surface area contributed by atoms with Crippen LogP contribution in [0, 0.1) is 13.8 Å². The molecule has 0 amide bonds. The molecule has 0 unspecified atom stereocenters. The predicted octanol–water partition coefficient (Wildman–Crippen LogP) is 2.95. The number of rotatable bonds is 1. The van der Waals surface area contributed by atoms with E-state index in [1.54, 1.807) is 6.20 Å². The van der Waals surface area contributed by atoms with Crippen molar-refractivity contribution < 1.29 is 0 Å². The van der Waals surface area contributed by atoms with Crippen molar-refractivity contribution >= 4 is 5.82 Å². The molecule has 0 aliphatic rings. The fourth-order valence-corrected chi connectivity index (χ4v) is 1.78. The second-order valence-electron chi connectivity index (χ2n) is 3.70. The molecular weight excluding hydrogens is 184 g/mol. The zero-order valence-electron chi connectivity index (χ0n) is 8.99. The van der Waals surface area contributed by atoms with Gasteiger partial charge in [0.15, 0.2) is 0 Å². The van der Waals surface area contributed by atoms with Crippen molar-refractivity contribution in [2.24, 2.45) is 0 Å². The molecule has 1 aromatic heterocycles. The monoisotopic (exact) mass is 198 g/mol. The molecule has 1 heterocycles. The summed E-state index contributed by atoms with van der Waals surface area (Å²) in [5.74, 6) is 0.601. The number of nitrogen functional groups attached to an aromatic ring is 1. The summed E-state index contributed by atoms with van der Waals surface area (Å²) in [7, 11) is 0. The van der Waals surface area contributed by atoms with E-state index in [1.807, 2.05) is 18.2 Å². The summed E-state index contributed by atoms with van der Waals surface area (Å²) < 4.78 is 0. The first-order valence-electron chi connectivity index (χ1n) is 4.97. The van der Waals surface area contributed by atoms with Crippen LogP contribution in [0.5, 0.6) is 0 Å². The molecule has 0 bridgehead atoms. The Hall–Kier alpha value is -1.83. The van der Waals surface area contributed by atoms with E-state index >= 15 is 0 Å². The van der Waals surface area contributed by atoms with E-state index in [0.29, 0.717) is 5.82 Å². The summed E-state index contributed by atoms with van der Waals surface area (Å²) in [6, 6.07) is 10.2. The molecule has 0 aliphatic heterocycles. The van der Waals surface area contributed by atoms with Gasteiger partial charge in [-0.1, -0.05) is 24.3 Å². The maximum Gasteiger partial charge on any atom is 0.131 e. The molecule has 1 aromatic carbocycles. The largest absolute Gasteiger partial charge is 0.383 e. The number of aryl methyl sites for hydroxylation is 2. The highest BCUT2D eigenvalue weighted by molar-refractivity contribution is 5.78. The van der Waals surface area contributed by atoms with Crippen LogP contribution in [0.2, 0.25) is 0 Å². The van der Waals surface area contributed by atoms with Crippen LogP contribution >= 0.6 is 0 Å². The second kappa shape index (κ2) is 3.73. The fraction of sp³-hybridized carbons (Fsp3) is 0.154. The highest BCUT2D eigenvalue weighted by atomic mass is 14.8. The van der Waals surface area contributed by atoms with Crippen LogP contribution in [0.25, 0.3) is 11.1 Å². The lowest BCUT2D eigenvalue weighted by Crippen LogP contribution is -1.97. The number of pyridine rings is 1. The molecule has 15 heavy (non-hydrogen) atoms. The van der Waals surface area contributed by atoms with Gasteiger partial charge in [0.2, 0.25) is 0 Å². The summed E-state index contributed by atoms with van der Waals surface area (Å²) in [6.07, 6.45) is 1.74. The molecule has 76 valence electrons. The predicted molar refractivity (Wildman–Crippen MR) is 63.6 cm³/mol. The molecule has 2 rings (SSSR count). The Morgan fingerprint density at radius 2 is 1.73 bits per heavy atom. The van der Waals surface area contributed by atoms with E-state index in [-0.39, 0.29) is 0 Å². The summed E-state index contributed by atoms with van der Waals surface area (Å²) in [4.78, 5) is 4.14. The number of hydrogen-bond acceptors (Lipinski definition) is 2. The topological polar surface area (TPSA) is 38.9 Å². The highest BCUT2D eigenvalue weighted by Gasteiger charge is 2.08. The van der Waals surface area contributed by atoms with Crippen LogP contribution in [-0.2, 0) is 0 Å². The number of nitrogens with zero attached hydrogens (tertiary/aromatic N) is 1. The Morgan fingerprint density at radius 1 is 1.00 bits per heavy atom. The van der Waals surface area contributed by atoms with Crippen molar-refractivity contribution in [2.45, 2.75) is 13.8 Å². The molecule has 0 spiro atoms. The van der Waals surface area contributed by atoms with Gasteiger partial charge in [0.05, 0.1) is 0 Å². The van der Waals surface area contributed by atoms with Crippen molar-refractivity contribution in [1.82, 2.24) is 4.98 Å². The second-order valence-corrected chi connectivity index (χ2v) is 3.70. The third-order valence-corrected chi connectivity index (χ3v) is 2.60. The van der Waals surface area contributed by atoms with Gasteiger partial charge in [0.25, 0.3) is 0 Å². The lowest BCUT2D eigenvalue weighted by Gasteiger charge is -2.10. The Kier molecular flexibility index (Phi) is 2.42. The summed E-state index contributed by atoms with van der Waals surface area (Å²) >= 11 is 0. The first-order chi connectivity index (χ1) is 7.20. The summed E-state index contributed by atoms with van der Waals surface area (Å²) in [5, 5.41) is 0. The minimum absolute atomic E-state index is 0.601. The van der Waals surface area contributed by atoms with Gasteiger partial charge < -0.3 is 5.73 Å². The smallest absolute Gasteiger partial charge is 0.131 e. The number of aromatic nitrogens is 1. The average Bonchev–Trinajstić information content (AvgIpc) is 2.20. The summed E-state index contributed by atoms with van der Waals surface area (Å²) in [6.45, 7) is 4.14. The van der Waals surface area contributed by atoms with E-state index in [0.717, 1.165) is 11.1 Å². The van der Waals surface area contributed by atoms with E-state index in [2.05, 4.69) is 31.0 Å². The van der Waals surface area contributed by atoms with Crippen molar-refractivity contribution in [3.05, 3.63) is 47.7 Å². The number of nitrogens with two attached hydrogens (primary N) is 1. The fourth-order valence-electron chi connectivity index (χ4n) is 1.78. The van der Waals surface area contributed by atoms with E-state index < -0.39 is 0 Å². The van der Waals surface area contributed by atoms with Gasteiger partial charge in [-0.25, -0.2) is 4.98 Å². The van der Waals surface area contributed by atoms with Crippen molar-refractivity contribution in [3.63, 3.8) is 0 Å². The molecule has 0 radical (unpaired) electrons. The third-order valence-electron chi connectivity index (χ3n) is 2.60. The lowest BCUT2D eigenvalue weighted by molar-refractivity contribution is 1.29. The van der Waals surface area contributed by atoms with Crippen LogP contribution < -0.4 is 5.73 Å². The molecular formula is C13H14N2. The molecule has 2 N–H and O–H groups in total. The standard InChI is InChI=1S/C13H14N2/c1-9-5-3-4-6-11(9)12-10(2)7-8-15-13(12)14/h3-8H,1-2H3,(H2,14,15). The molecule has 2 nitrogen and oxygen atoms in total.